The van der Waals surface area contributed by atoms with Crippen LogP contribution in [-0.4, -0.2) is 24.2 Å². The second-order valence-electron chi connectivity index (χ2n) is 5.64. The Morgan fingerprint density at radius 3 is 2.40 bits per heavy atom. The Morgan fingerprint density at radius 2 is 1.93 bits per heavy atom. The van der Waals surface area contributed by atoms with Gasteiger partial charge < -0.3 is 10.1 Å². The Bertz CT molecular complexity index is 232. The Hall–Kier alpha value is -0.570. The maximum Gasteiger partial charge on any atom is 0.310 e. The molecule has 0 aromatic heterocycles. The molecule has 0 amide bonds. The van der Waals surface area contributed by atoms with E-state index in [0.717, 1.165) is 13.0 Å². The third-order valence-electron chi connectivity index (χ3n) is 2.94. The molecule has 88 valence electrons. The van der Waals surface area contributed by atoms with Crippen LogP contribution in [0.1, 0.15) is 41.0 Å². The fourth-order valence-electron chi connectivity index (χ4n) is 1.83. The molecular weight excluding hydrogens is 190 g/mol. The minimum atomic E-state index is -0.372. The zero-order valence-corrected chi connectivity index (χ0v) is 10.5. The van der Waals surface area contributed by atoms with Crippen molar-refractivity contribution < 1.29 is 9.53 Å². The van der Waals surface area contributed by atoms with Crippen molar-refractivity contribution in [1.82, 2.24) is 5.32 Å². The van der Waals surface area contributed by atoms with E-state index < -0.39 is 0 Å². The molecule has 1 heterocycles. The fourth-order valence-corrected chi connectivity index (χ4v) is 1.83. The van der Waals surface area contributed by atoms with Crippen LogP contribution in [0.3, 0.4) is 0 Å². The van der Waals surface area contributed by atoms with Gasteiger partial charge in [-0.25, -0.2) is 0 Å². The molecule has 0 aromatic rings. The standard InChI is InChI=1S/C12H23NO2/c1-8-6-10(7-13-9(8)2)11(14)15-12(3,4)5/h8-10,13H,6-7H2,1-5H3/t8-,9-,10+/m0/s1. The number of carbonyl (C=O) groups is 1. The van der Waals surface area contributed by atoms with Gasteiger partial charge in [-0.3, -0.25) is 4.79 Å². The quantitative estimate of drug-likeness (QED) is 0.677. The molecule has 1 fully saturated rings. The second kappa shape index (κ2) is 4.52. The van der Waals surface area contributed by atoms with Gasteiger partial charge in [0.1, 0.15) is 5.60 Å². The van der Waals surface area contributed by atoms with Gasteiger partial charge in [0.2, 0.25) is 0 Å². The van der Waals surface area contributed by atoms with Crippen molar-refractivity contribution in [3.8, 4) is 0 Å². The topological polar surface area (TPSA) is 38.3 Å². The number of ether oxygens (including phenoxy) is 1. The molecule has 1 rings (SSSR count). The normalized spacial score (nSPS) is 32.5. The molecule has 0 spiro atoms. The molecule has 3 atom stereocenters. The van der Waals surface area contributed by atoms with E-state index in [4.69, 9.17) is 4.74 Å². The lowest BCUT2D eigenvalue weighted by molar-refractivity contribution is -0.161. The van der Waals surface area contributed by atoms with E-state index in [9.17, 15) is 4.79 Å². The zero-order chi connectivity index (χ0) is 11.6. The molecule has 1 N–H and O–H groups in total. The smallest absolute Gasteiger partial charge is 0.310 e. The van der Waals surface area contributed by atoms with E-state index in [1.165, 1.54) is 0 Å². The summed E-state index contributed by atoms with van der Waals surface area (Å²) in [6.45, 7) is 10.8. The van der Waals surface area contributed by atoms with Crippen LogP contribution in [-0.2, 0) is 9.53 Å². The van der Waals surface area contributed by atoms with Gasteiger partial charge in [0.25, 0.3) is 0 Å². The van der Waals surface area contributed by atoms with Gasteiger partial charge in [-0.2, -0.15) is 0 Å². The maximum absolute atomic E-state index is 11.8. The molecule has 0 aromatic carbocycles. The highest BCUT2D eigenvalue weighted by atomic mass is 16.6. The first-order chi connectivity index (χ1) is 6.79. The summed E-state index contributed by atoms with van der Waals surface area (Å²) in [5.74, 6) is 0.500. The SMILES string of the molecule is C[C@@H]1NC[C@H](C(=O)OC(C)(C)C)C[C@@H]1C. The number of nitrogens with one attached hydrogen (secondary N) is 1. The number of esters is 1. The largest absolute Gasteiger partial charge is 0.460 e. The van der Waals surface area contributed by atoms with Crippen LogP contribution in [0.2, 0.25) is 0 Å². The average Bonchev–Trinajstić information content (AvgIpc) is 2.06. The van der Waals surface area contributed by atoms with Gasteiger partial charge in [0.05, 0.1) is 5.92 Å². The van der Waals surface area contributed by atoms with Gasteiger partial charge in [-0.05, 0) is 40.0 Å². The molecule has 3 nitrogen and oxygen atoms in total. The molecule has 1 aliphatic heterocycles. The van der Waals surface area contributed by atoms with E-state index in [1.54, 1.807) is 0 Å². The van der Waals surface area contributed by atoms with Gasteiger partial charge in [0, 0.05) is 12.6 Å². The number of piperidine rings is 1. The molecule has 0 aliphatic carbocycles. The molecule has 3 heteroatoms. The molecule has 0 radical (unpaired) electrons. The van der Waals surface area contributed by atoms with Gasteiger partial charge in [-0.15, -0.1) is 0 Å². The lowest BCUT2D eigenvalue weighted by atomic mass is 9.86. The summed E-state index contributed by atoms with van der Waals surface area (Å²) < 4.78 is 5.38. The van der Waals surface area contributed by atoms with Crippen molar-refractivity contribution in [2.24, 2.45) is 11.8 Å². The molecular formula is C12H23NO2. The van der Waals surface area contributed by atoms with E-state index >= 15 is 0 Å². The van der Waals surface area contributed by atoms with Crippen LogP contribution < -0.4 is 5.32 Å². The molecule has 0 saturated carbocycles. The van der Waals surface area contributed by atoms with Crippen molar-refractivity contribution >= 4 is 5.97 Å². The van der Waals surface area contributed by atoms with Crippen LogP contribution in [0.5, 0.6) is 0 Å². The van der Waals surface area contributed by atoms with Gasteiger partial charge in [0.15, 0.2) is 0 Å². The zero-order valence-electron chi connectivity index (χ0n) is 10.5. The summed E-state index contributed by atoms with van der Waals surface area (Å²) in [5.41, 5.74) is -0.372. The third-order valence-corrected chi connectivity index (χ3v) is 2.94. The Labute approximate surface area is 92.6 Å². The Morgan fingerprint density at radius 1 is 1.33 bits per heavy atom. The molecule has 0 unspecified atom stereocenters. The van der Waals surface area contributed by atoms with Crippen LogP contribution in [0.25, 0.3) is 0 Å². The first-order valence-corrected chi connectivity index (χ1v) is 5.76. The first-order valence-electron chi connectivity index (χ1n) is 5.76. The summed E-state index contributed by atoms with van der Waals surface area (Å²) in [5, 5.41) is 3.35. The minimum absolute atomic E-state index is 0.0235. The average molecular weight is 213 g/mol. The van der Waals surface area contributed by atoms with Crippen LogP contribution in [0.15, 0.2) is 0 Å². The van der Waals surface area contributed by atoms with Crippen molar-refractivity contribution in [3.63, 3.8) is 0 Å². The summed E-state index contributed by atoms with van der Waals surface area (Å²) in [4.78, 5) is 11.8. The highest BCUT2D eigenvalue weighted by Crippen LogP contribution is 2.23. The Kier molecular flexibility index (Phi) is 3.77. The van der Waals surface area contributed by atoms with Crippen molar-refractivity contribution in [3.05, 3.63) is 0 Å². The monoisotopic (exact) mass is 213 g/mol. The molecule has 15 heavy (non-hydrogen) atoms. The van der Waals surface area contributed by atoms with Crippen LogP contribution in [0, 0.1) is 11.8 Å². The number of hydrogen-bond donors (Lipinski definition) is 1. The number of carbonyl (C=O) groups excluding carboxylic acids is 1. The molecule has 0 bridgehead atoms. The first kappa shape index (κ1) is 12.5. The van der Waals surface area contributed by atoms with Crippen molar-refractivity contribution in [2.45, 2.75) is 52.7 Å². The summed E-state index contributed by atoms with van der Waals surface area (Å²) in [6, 6.07) is 0.503. The van der Waals surface area contributed by atoms with Crippen molar-refractivity contribution in [2.75, 3.05) is 6.54 Å². The van der Waals surface area contributed by atoms with E-state index in [2.05, 4.69) is 19.2 Å². The number of hydrogen-bond acceptors (Lipinski definition) is 3. The molecule has 1 aliphatic rings. The number of rotatable bonds is 1. The lowest BCUT2D eigenvalue weighted by Gasteiger charge is -2.33. The van der Waals surface area contributed by atoms with Gasteiger partial charge >= 0.3 is 5.97 Å². The Balaban J connectivity index is 2.48. The predicted molar refractivity (Wildman–Crippen MR) is 60.6 cm³/mol. The van der Waals surface area contributed by atoms with Crippen LogP contribution in [0.4, 0.5) is 0 Å². The highest BCUT2D eigenvalue weighted by Gasteiger charge is 2.31. The second-order valence-corrected chi connectivity index (χ2v) is 5.64. The van der Waals surface area contributed by atoms with E-state index in [-0.39, 0.29) is 17.5 Å². The highest BCUT2D eigenvalue weighted by molar-refractivity contribution is 5.73. The van der Waals surface area contributed by atoms with Crippen molar-refractivity contribution in [1.29, 1.82) is 0 Å². The van der Waals surface area contributed by atoms with E-state index in [0.29, 0.717) is 12.0 Å². The predicted octanol–water partition coefficient (Wildman–Crippen LogP) is 1.96. The third kappa shape index (κ3) is 3.82. The maximum atomic E-state index is 11.8. The fraction of sp³-hybridized carbons (Fsp3) is 0.917. The summed E-state index contributed by atoms with van der Waals surface area (Å²) in [6.07, 6.45) is 0.934. The van der Waals surface area contributed by atoms with Crippen LogP contribution >= 0.6 is 0 Å². The van der Waals surface area contributed by atoms with E-state index in [1.807, 2.05) is 20.8 Å². The van der Waals surface area contributed by atoms with Gasteiger partial charge in [-0.1, -0.05) is 6.92 Å². The summed E-state index contributed by atoms with van der Waals surface area (Å²) in [7, 11) is 0. The molecule has 1 saturated heterocycles. The lowest BCUT2D eigenvalue weighted by Crippen LogP contribution is -2.46. The minimum Gasteiger partial charge on any atom is -0.460 e. The summed E-state index contributed by atoms with van der Waals surface area (Å²) >= 11 is 0.